The fourth-order valence-electron chi connectivity index (χ4n) is 3.57. The van der Waals surface area contributed by atoms with E-state index in [2.05, 4.69) is 6.92 Å². The van der Waals surface area contributed by atoms with Crippen molar-refractivity contribution in [1.29, 1.82) is 0 Å². The summed E-state index contributed by atoms with van der Waals surface area (Å²) in [5.74, 6) is -0.358. The third-order valence-corrected chi connectivity index (χ3v) is 6.11. The molecule has 6 heteroatoms. The molecule has 4 nitrogen and oxygen atoms in total. The van der Waals surface area contributed by atoms with Gasteiger partial charge >= 0.3 is 51.4 Å². The van der Waals surface area contributed by atoms with Gasteiger partial charge in [-0.25, -0.2) is 8.42 Å². The molecule has 164 valence electrons. The van der Waals surface area contributed by atoms with Crippen LogP contribution in [0, 0.1) is 0 Å². The van der Waals surface area contributed by atoms with Crippen molar-refractivity contribution in [3.63, 3.8) is 0 Å². The van der Waals surface area contributed by atoms with E-state index in [9.17, 15) is 18.1 Å². The summed E-state index contributed by atoms with van der Waals surface area (Å²) in [5, 5.41) is 9.76. The first-order valence-corrected chi connectivity index (χ1v) is 13.1. The van der Waals surface area contributed by atoms with E-state index in [4.69, 9.17) is 0 Å². The van der Waals surface area contributed by atoms with Crippen LogP contribution in [0.1, 0.15) is 129 Å². The van der Waals surface area contributed by atoms with E-state index in [1.54, 1.807) is 0 Å². The molecule has 1 N–H and O–H groups in total. The predicted octanol–water partition coefficient (Wildman–Crippen LogP) is 3.33. The SMILES string of the molecule is CCCCCCCCCCCCCCCCCCC(O)CCCS(=O)(=O)[O-].[K+]. The Labute approximate surface area is 218 Å². The third kappa shape index (κ3) is 27.5. The molecule has 0 saturated heterocycles. The Kier molecular flexibility index (Phi) is 26.2. The molecule has 0 spiro atoms. The van der Waals surface area contributed by atoms with Crippen LogP contribution in [0.3, 0.4) is 0 Å². The number of hydrogen-bond donors (Lipinski definition) is 1. The first-order chi connectivity index (χ1) is 13.0. The zero-order valence-electron chi connectivity index (χ0n) is 18.8. The summed E-state index contributed by atoms with van der Waals surface area (Å²) in [5.41, 5.74) is 0. The summed E-state index contributed by atoms with van der Waals surface area (Å²) >= 11 is 0. The average molecular weight is 445 g/mol. The van der Waals surface area contributed by atoms with Gasteiger partial charge in [-0.15, -0.1) is 0 Å². The molecule has 28 heavy (non-hydrogen) atoms. The average Bonchev–Trinajstić information content (AvgIpc) is 2.60. The standard InChI is InChI=1S/C22H46O4S.K/c1-2-3-4-5-6-7-8-9-10-11-12-13-14-15-16-17-19-22(23)20-18-21-27(24,25)26;/h22-23H,2-21H2,1H3,(H,24,25,26);/q;+1/p-1. The van der Waals surface area contributed by atoms with E-state index in [1.807, 2.05) is 0 Å². The van der Waals surface area contributed by atoms with Gasteiger partial charge in [-0.1, -0.05) is 110 Å². The molecule has 0 rings (SSSR count). The molecular weight excluding hydrogens is 399 g/mol. The minimum absolute atomic E-state index is 0. The molecule has 0 aliphatic rings. The number of hydrogen-bond acceptors (Lipinski definition) is 4. The van der Waals surface area contributed by atoms with Gasteiger partial charge in [-0.05, 0) is 19.3 Å². The summed E-state index contributed by atoms with van der Waals surface area (Å²) in [4.78, 5) is 0. The quantitative estimate of drug-likeness (QED) is 0.167. The van der Waals surface area contributed by atoms with Gasteiger partial charge in [-0.3, -0.25) is 0 Å². The molecule has 0 saturated carbocycles. The number of aliphatic hydroxyl groups excluding tert-OH is 1. The summed E-state index contributed by atoms with van der Waals surface area (Å²) in [7, 11) is -4.13. The fraction of sp³-hybridized carbons (Fsp3) is 1.00. The molecule has 0 aromatic heterocycles. The number of unbranched alkanes of at least 4 members (excludes halogenated alkanes) is 15. The zero-order chi connectivity index (χ0) is 20.2. The van der Waals surface area contributed by atoms with E-state index in [1.165, 1.54) is 89.9 Å². The van der Waals surface area contributed by atoms with Crippen LogP contribution >= 0.6 is 0 Å². The zero-order valence-corrected chi connectivity index (χ0v) is 22.7. The molecule has 1 atom stereocenters. The Bertz CT molecular complexity index is 401. The first-order valence-electron chi connectivity index (χ1n) is 11.6. The molecule has 0 heterocycles. The second kappa shape index (κ2) is 23.2. The minimum Gasteiger partial charge on any atom is -0.748 e. The van der Waals surface area contributed by atoms with Crippen LogP contribution in [-0.2, 0) is 10.1 Å². The Balaban J connectivity index is 0. The van der Waals surface area contributed by atoms with Crippen molar-refractivity contribution >= 4 is 10.1 Å². The van der Waals surface area contributed by atoms with Crippen molar-refractivity contribution in [2.75, 3.05) is 5.75 Å². The first kappa shape index (κ1) is 31.7. The normalized spacial score (nSPS) is 12.7. The van der Waals surface area contributed by atoms with Gasteiger partial charge in [0.2, 0.25) is 0 Å². The summed E-state index contributed by atoms with van der Waals surface area (Å²) < 4.78 is 31.5. The topological polar surface area (TPSA) is 77.4 Å². The van der Waals surface area contributed by atoms with Crippen LogP contribution in [0.5, 0.6) is 0 Å². The molecular formula is C22H45KO4S. The molecule has 0 amide bonds. The van der Waals surface area contributed by atoms with Gasteiger partial charge in [0.15, 0.2) is 0 Å². The van der Waals surface area contributed by atoms with Crippen LogP contribution in [-0.4, -0.2) is 29.9 Å². The summed E-state index contributed by atoms with van der Waals surface area (Å²) in [6.45, 7) is 2.27. The van der Waals surface area contributed by atoms with Crippen LogP contribution in [0.15, 0.2) is 0 Å². The van der Waals surface area contributed by atoms with Crippen molar-refractivity contribution in [3.05, 3.63) is 0 Å². The molecule has 1 unspecified atom stereocenters. The van der Waals surface area contributed by atoms with Crippen molar-refractivity contribution in [2.24, 2.45) is 0 Å². The Morgan fingerprint density at radius 2 is 0.964 bits per heavy atom. The largest absolute Gasteiger partial charge is 1.00 e. The number of rotatable bonds is 21. The Morgan fingerprint density at radius 3 is 1.32 bits per heavy atom. The van der Waals surface area contributed by atoms with Gasteiger partial charge in [0, 0.05) is 5.75 Å². The van der Waals surface area contributed by atoms with Crippen LogP contribution in [0.4, 0.5) is 0 Å². The maximum absolute atomic E-state index is 10.5. The molecule has 0 aromatic rings. The maximum atomic E-state index is 10.5. The fourth-order valence-corrected chi connectivity index (χ4v) is 4.09. The van der Waals surface area contributed by atoms with Gasteiger partial charge < -0.3 is 9.66 Å². The third-order valence-electron chi connectivity index (χ3n) is 5.32. The Morgan fingerprint density at radius 1 is 0.643 bits per heavy atom. The van der Waals surface area contributed by atoms with E-state index in [0.29, 0.717) is 6.42 Å². The molecule has 0 bridgehead atoms. The van der Waals surface area contributed by atoms with Crippen molar-refractivity contribution in [1.82, 2.24) is 0 Å². The minimum atomic E-state index is -4.13. The van der Waals surface area contributed by atoms with Crippen LogP contribution in [0.2, 0.25) is 0 Å². The van der Waals surface area contributed by atoms with Crippen molar-refractivity contribution < 1.29 is 69.5 Å². The Hall–Kier alpha value is 1.51. The molecule has 0 radical (unpaired) electrons. The van der Waals surface area contributed by atoms with Crippen LogP contribution in [0.25, 0.3) is 0 Å². The van der Waals surface area contributed by atoms with Gasteiger partial charge in [0.05, 0.1) is 16.2 Å². The van der Waals surface area contributed by atoms with E-state index < -0.39 is 16.2 Å². The molecule has 0 fully saturated rings. The summed E-state index contributed by atoms with van der Waals surface area (Å²) in [6.07, 6.45) is 22.2. The van der Waals surface area contributed by atoms with Gasteiger partial charge in [0.25, 0.3) is 0 Å². The van der Waals surface area contributed by atoms with E-state index >= 15 is 0 Å². The van der Waals surface area contributed by atoms with Gasteiger partial charge in [-0.2, -0.15) is 0 Å². The molecule has 0 aliphatic carbocycles. The number of aliphatic hydroxyl groups is 1. The molecule has 0 aromatic carbocycles. The van der Waals surface area contributed by atoms with Crippen molar-refractivity contribution in [2.45, 2.75) is 135 Å². The van der Waals surface area contributed by atoms with Gasteiger partial charge in [0.1, 0.15) is 0 Å². The van der Waals surface area contributed by atoms with E-state index in [0.717, 1.165) is 19.3 Å². The monoisotopic (exact) mass is 444 g/mol. The van der Waals surface area contributed by atoms with Crippen LogP contribution < -0.4 is 51.4 Å². The smallest absolute Gasteiger partial charge is 0.748 e. The van der Waals surface area contributed by atoms with Crippen molar-refractivity contribution in [3.8, 4) is 0 Å². The maximum Gasteiger partial charge on any atom is 1.00 e. The molecule has 0 aliphatic heterocycles. The second-order valence-electron chi connectivity index (χ2n) is 8.15. The van der Waals surface area contributed by atoms with E-state index in [-0.39, 0.29) is 63.6 Å². The second-order valence-corrected chi connectivity index (χ2v) is 9.67. The predicted molar refractivity (Wildman–Crippen MR) is 114 cm³/mol. The summed E-state index contributed by atoms with van der Waals surface area (Å²) in [6, 6.07) is 0.